The molecule has 9 heteroatoms. The van der Waals surface area contributed by atoms with Gasteiger partial charge in [0, 0.05) is 45.4 Å². The summed E-state index contributed by atoms with van der Waals surface area (Å²) < 4.78 is 30.1. The Kier molecular flexibility index (Phi) is 5.23. The van der Waals surface area contributed by atoms with Crippen molar-refractivity contribution in [2.45, 2.75) is 6.10 Å². The number of aliphatic hydroxyl groups excluding tert-OH is 1. The second kappa shape index (κ2) is 6.81. The van der Waals surface area contributed by atoms with E-state index in [-0.39, 0.29) is 30.4 Å². The van der Waals surface area contributed by atoms with Crippen molar-refractivity contribution < 1.29 is 23.1 Å². The van der Waals surface area contributed by atoms with Crippen LogP contribution in [-0.4, -0.2) is 79.8 Å². The number of carbonyl (C=O) groups is 1. The SMILES string of the molecule is COc1ccnc(C(=O)N2C[C@@H](CS(=O)(=O)N(C)C)[C@@H](O)C2)c1. The number of methoxy groups -OCH3 is 1. The lowest BCUT2D eigenvalue weighted by molar-refractivity contribution is 0.0758. The van der Waals surface area contributed by atoms with Crippen LogP contribution in [0, 0.1) is 5.92 Å². The first kappa shape index (κ1) is 17.6. The minimum Gasteiger partial charge on any atom is -0.497 e. The zero-order chi connectivity index (χ0) is 17.2. The summed E-state index contributed by atoms with van der Waals surface area (Å²) in [4.78, 5) is 17.9. The molecule has 8 nitrogen and oxygen atoms in total. The van der Waals surface area contributed by atoms with Gasteiger partial charge in [0.2, 0.25) is 10.0 Å². The summed E-state index contributed by atoms with van der Waals surface area (Å²) in [6.45, 7) is 0.261. The summed E-state index contributed by atoms with van der Waals surface area (Å²) in [5, 5.41) is 10.1. The van der Waals surface area contributed by atoms with Crippen molar-refractivity contribution in [1.29, 1.82) is 0 Å². The highest BCUT2D eigenvalue weighted by Gasteiger charge is 2.37. The Labute approximate surface area is 135 Å². The average molecular weight is 343 g/mol. The molecule has 0 unspecified atom stereocenters. The van der Waals surface area contributed by atoms with E-state index in [0.29, 0.717) is 5.75 Å². The van der Waals surface area contributed by atoms with E-state index in [4.69, 9.17) is 4.74 Å². The van der Waals surface area contributed by atoms with Gasteiger partial charge in [-0.15, -0.1) is 0 Å². The molecule has 1 saturated heterocycles. The molecule has 0 aromatic carbocycles. The van der Waals surface area contributed by atoms with E-state index < -0.39 is 22.0 Å². The number of nitrogens with zero attached hydrogens (tertiary/aromatic N) is 3. The summed E-state index contributed by atoms with van der Waals surface area (Å²) in [7, 11) is 0.941. The van der Waals surface area contributed by atoms with Crippen LogP contribution >= 0.6 is 0 Å². The van der Waals surface area contributed by atoms with Gasteiger partial charge in [0.1, 0.15) is 11.4 Å². The standard InChI is InChI=1S/C14H21N3O5S/c1-16(2)23(20,21)9-10-7-17(8-13(10)18)14(19)12-6-11(22-3)4-5-15-12/h4-6,10,13,18H,7-9H2,1-3H3/t10-,13-/m0/s1. The molecule has 2 atom stereocenters. The monoisotopic (exact) mass is 343 g/mol. The Bertz CT molecular complexity index is 677. The van der Waals surface area contributed by atoms with Crippen LogP contribution < -0.4 is 4.74 Å². The number of pyridine rings is 1. The maximum atomic E-state index is 12.4. The minimum atomic E-state index is -3.44. The fourth-order valence-corrected chi connectivity index (χ4v) is 3.59. The van der Waals surface area contributed by atoms with Crippen LogP contribution in [0.15, 0.2) is 18.3 Å². The van der Waals surface area contributed by atoms with Crippen molar-refractivity contribution in [2.24, 2.45) is 5.92 Å². The van der Waals surface area contributed by atoms with Gasteiger partial charge in [-0.05, 0) is 6.07 Å². The van der Waals surface area contributed by atoms with E-state index in [1.165, 1.54) is 38.4 Å². The molecule has 0 spiro atoms. The Morgan fingerprint density at radius 3 is 2.78 bits per heavy atom. The third-order valence-electron chi connectivity index (χ3n) is 3.86. The molecule has 1 aliphatic rings. The van der Waals surface area contributed by atoms with Crippen LogP contribution in [-0.2, 0) is 10.0 Å². The number of amides is 1. The Morgan fingerprint density at radius 2 is 2.17 bits per heavy atom. The topological polar surface area (TPSA) is 100 Å². The van der Waals surface area contributed by atoms with Crippen molar-refractivity contribution in [2.75, 3.05) is 40.0 Å². The lowest BCUT2D eigenvalue weighted by Crippen LogP contribution is -2.33. The minimum absolute atomic E-state index is 0.0886. The number of ether oxygens (including phenoxy) is 1. The van der Waals surface area contributed by atoms with Crippen molar-refractivity contribution in [1.82, 2.24) is 14.2 Å². The molecule has 1 N–H and O–H groups in total. The van der Waals surface area contributed by atoms with E-state index in [1.54, 1.807) is 6.07 Å². The van der Waals surface area contributed by atoms with E-state index in [2.05, 4.69) is 4.98 Å². The van der Waals surface area contributed by atoms with Crippen LogP contribution in [0.4, 0.5) is 0 Å². The number of aromatic nitrogens is 1. The number of aliphatic hydroxyl groups is 1. The van der Waals surface area contributed by atoms with Gasteiger partial charge in [0.05, 0.1) is 19.0 Å². The van der Waals surface area contributed by atoms with E-state index in [1.807, 2.05) is 0 Å². The van der Waals surface area contributed by atoms with E-state index in [0.717, 1.165) is 4.31 Å². The number of carbonyl (C=O) groups excluding carboxylic acids is 1. The molecule has 0 radical (unpaired) electrons. The largest absolute Gasteiger partial charge is 0.497 e. The molecule has 0 aliphatic carbocycles. The van der Waals surface area contributed by atoms with Gasteiger partial charge >= 0.3 is 0 Å². The molecule has 1 amide bonds. The summed E-state index contributed by atoms with van der Waals surface area (Å²) in [6, 6.07) is 3.14. The van der Waals surface area contributed by atoms with Gasteiger partial charge in [-0.25, -0.2) is 12.7 Å². The lowest BCUT2D eigenvalue weighted by atomic mass is 10.1. The van der Waals surface area contributed by atoms with Gasteiger partial charge in [-0.2, -0.15) is 0 Å². The molecule has 23 heavy (non-hydrogen) atoms. The maximum absolute atomic E-state index is 12.4. The third-order valence-corrected chi connectivity index (χ3v) is 5.82. The van der Waals surface area contributed by atoms with Crippen LogP contribution in [0.25, 0.3) is 0 Å². The van der Waals surface area contributed by atoms with Crippen LogP contribution in [0.1, 0.15) is 10.5 Å². The van der Waals surface area contributed by atoms with Crippen LogP contribution in [0.3, 0.4) is 0 Å². The molecule has 0 bridgehead atoms. The van der Waals surface area contributed by atoms with Gasteiger partial charge in [0.25, 0.3) is 5.91 Å². The fourth-order valence-electron chi connectivity index (χ4n) is 2.42. The lowest BCUT2D eigenvalue weighted by Gasteiger charge is -2.18. The molecule has 0 saturated carbocycles. The van der Waals surface area contributed by atoms with Gasteiger partial charge < -0.3 is 14.7 Å². The highest BCUT2D eigenvalue weighted by molar-refractivity contribution is 7.89. The predicted molar refractivity (Wildman–Crippen MR) is 83.7 cm³/mol. The molecule has 1 aromatic rings. The number of β-amino-alcohol motifs (C(OH)–C–C–N with tert-alkyl or cyclic N) is 1. The van der Waals surface area contributed by atoms with Crippen LogP contribution in [0.2, 0.25) is 0 Å². The molecule has 1 aromatic heterocycles. The molecule has 2 heterocycles. The highest BCUT2D eigenvalue weighted by Crippen LogP contribution is 2.22. The number of hydrogen-bond donors (Lipinski definition) is 1. The van der Waals surface area contributed by atoms with Crippen molar-refractivity contribution in [3.05, 3.63) is 24.0 Å². The highest BCUT2D eigenvalue weighted by atomic mass is 32.2. The fraction of sp³-hybridized carbons (Fsp3) is 0.571. The smallest absolute Gasteiger partial charge is 0.272 e. The summed E-state index contributed by atoms with van der Waals surface area (Å²) in [6.07, 6.45) is 0.589. The van der Waals surface area contributed by atoms with E-state index >= 15 is 0 Å². The normalized spacial score (nSPS) is 21.7. The van der Waals surface area contributed by atoms with Crippen molar-refractivity contribution in [3.63, 3.8) is 0 Å². The maximum Gasteiger partial charge on any atom is 0.272 e. The second-order valence-corrected chi connectivity index (χ2v) is 7.91. The third kappa shape index (κ3) is 3.98. The van der Waals surface area contributed by atoms with Gasteiger partial charge in [-0.1, -0.05) is 0 Å². The van der Waals surface area contributed by atoms with Crippen molar-refractivity contribution >= 4 is 15.9 Å². The quantitative estimate of drug-likeness (QED) is 0.767. The first-order valence-electron chi connectivity index (χ1n) is 7.12. The number of rotatable bonds is 5. The summed E-state index contributed by atoms with van der Waals surface area (Å²) in [5.41, 5.74) is 0.202. The average Bonchev–Trinajstić information content (AvgIpc) is 2.86. The number of sulfonamides is 1. The first-order chi connectivity index (χ1) is 10.7. The van der Waals surface area contributed by atoms with Gasteiger partial charge in [0.15, 0.2) is 0 Å². The van der Waals surface area contributed by atoms with E-state index in [9.17, 15) is 18.3 Å². The van der Waals surface area contributed by atoms with Crippen LogP contribution in [0.5, 0.6) is 5.75 Å². The second-order valence-electron chi connectivity index (χ2n) is 5.68. The Hall–Kier alpha value is -1.71. The Morgan fingerprint density at radius 1 is 1.48 bits per heavy atom. The number of likely N-dealkylation sites (tertiary alicyclic amines) is 1. The van der Waals surface area contributed by atoms with Crippen molar-refractivity contribution in [3.8, 4) is 5.75 Å². The number of hydrogen-bond acceptors (Lipinski definition) is 6. The molecule has 1 aliphatic heterocycles. The summed E-state index contributed by atoms with van der Waals surface area (Å²) >= 11 is 0. The zero-order valence-electron chi connectivity index (χ0n) is 13.3. The molecule has 2 rings (SSSR count). The molecular formula is C14H21N3O5S. The molecule has 1 fully saturated rings. The predicted octanol–water partition coefficient (Wildman–Crippen LogP) is -0.585. The first-order valence-corrected chi connectivity index (χ1v) is 8.73. The zero-order valence-corrected chi connectivity index (χ0v) is 14.2. The molecular weight excluding hydrogens is 322 g/mol. The van der Waals surface area contributed by atoms with Gasteiger partial charge in [-0.3, -0.25) is 9.78 Å². The Balaban J connectivity index is 2.10. The molecule has 128 valence electrons. The summed E-state index contributed by atoms with van der Waals surface area (Å²) in [5.74, 6) is -0.560.